The third-order valence-corrected chi connectivity index (χ3v) is 4.54. The van der Waals surface area contributed by atoms with Crippen LogP contribution in [0.15, 0.2) is 47.2 Å². The molecular weight excluding hydrogens is 330 g/mol. The van der Waals surface area contributed by atoms with Gasteiger partial charge in [0, 0.05) is 19.0 Å². The second-order valence-electron chi connectivity index (χ2n) is 6.73. The first-order valence-electron chi connectivity index (χ1n) is 8.74. The van der Waals surface area contributed by atoms with Crippen LogP contribution in [0.2, 0.25) is 0 Å². The van der Waals surface area contributed by atoms with Crippen molar-refractivity contribution in [3.05, 3.63) is 59.7 Å². The van der Waals surface area contributed by atoms with E-state index >= 15 is 0 Å². The first kappa shape index (κ1) is 16.5. The van der Waals surface area contributed by atoms with E-state index in [9.17, 15) is 4.79 Å². The minimum atomic E-state index is -0.268. The molecule has 4 rings (SSSR count). The average Bonchev–Trinajstić information content (AvgIpc) is 3.21. The molecule has 0 radical (unpaired) electrons. The van der Waals surface area contributed by atoms with Crippen LogP contribution in [-0.4, -0.2) is 33.8 Å². The number of nitrogens with one attached hydrogen (secondary N) is 2. The molecule has 134 valence electrons. The molecule has 1 saturated heterocycles. The Kier molecular flexibility index (Phi) is 4.30. The quantitative estimate of drug-likeness (QED) is 0.738. The molecule has 1 aliphatic heterocycles. The number of carbonyl (C=O) groups excluding carboxylic acids is 1. The van der Waals surface area contributed by atoms with Gasteiger partial charge in [-0.3, -0.25) is 10.1 Å². The van der Waals surface area contributed by atoms with E-state index in [1.165, 1.54) is 0 Å². The Morgan fingerprint density at radius 1 is 1.31 bits per heavy atom. The number of hydrogen-bond donors (Lipinski definition) is 2. The van der Waals surface area contributed by atoms with Gasteiger partial charge in [0.15, 0.2) is 0 Å². The molecule has 1 fully saturated rings. The van der Waals surface area contributed by atoms with Crippen molar-refractivity contribution < 1.29 is 9.21 Å². The lowest BCUT2D eigenvalue weighted by Gasteiger charge is -2.24. The summed E-state index contributed by atoms with van der Waals surface area (Å²) in [7, 11) is 0. The van der Waals surface area contributed by atoms with Gasteiger partial charge in [0.25, 0.3) is 5.91 Å². The average molecular weight is 351 g/mol. The van der Waals surface area contributed by atoms with Crippen LogP contribution in [-0.2, 0) is 0 Å². The largest absolute Gasteiger partial charge is 0.432 e. The summed E-state index contributed by atoms with van der Waals surface area (Å²) in [5.41, 5.74) is 3.16. The van der Waals surface area contributed by atoms with E-state index in [0.717, 1.165) is 30.2 Å². The second kappa shape index (κ2) is 6.76. The van der Waals surface area contributed by atoms with Crippen LogP contribution < -0.4 is 10.6 Å². The number of oxazole rings is 1. The smallest absolute Gasteiger partial charge is 0.301 e. The summed E-state index contributed by atoms with van der Waals surface area (Å²) >= 11 is 0. The number of aromatic nitrogens is 3. The number of nitrogens with zero attached hydrogens (tertiary/aromatic N) is 3. The number of carbonyl (C=O) groups is 1. The lowest BCUT2D eigenvalue weighted by atomic mass is 10.0. The highest BCUT2D eigenvalue weighted by atomic mass is 16.4. The van der Waals surface area contributed by atoms with Crippen molar-refractivity contribution >= 4 is 11.9 Å². The fourth-order valence-electron chi connectivity index (χ4n) is 3.06. The Labute approximate surface area is 151 Å². The minimum Gasteiger partial charge on any atom is -0.432 e. The van der Waals surface area contributed by atoms with Gasteiger partial charge in [-0.1, -0.05) is 32.0 Å². The monoisotopic (exact) mass is 351 g/mol. The van der Waals surface area contributed by atoms with Crippen molar-refractivity contribution in [3.8, 4) is 5.69 Å². The Bertz CT molecular complexity index is 909. The predicted octanol–water partition coefficient (Wildman–Crippen LogP) is 2.92. The molecule has 0 spiro atoms. The SMILES string of the molecule is CC(C)c1c(C(=O)Nc2nc(C3CNC3)co2)cnn1-c1ccccc1. The van der Waals surface area contributed by atoms with Gasteiger partial charge in [0.2, 0.25) is 0 Å². The maximum Gasteiger partial charge on any atom is 0.301 e. The zero-order valence-corrected chi connectivity index (χ0v) is 14.8. The standard InChI is InChI=1S/C19H21N5O2/c1-12(2)17-15(10-21-24(17)14-6-4-3-5-7-14)18(25)23-19-22-16(11-26-19)13-8-20-9-13/h3-7,10-13,20H,8-9H2,1-2H3,(H,22,23,25). The van der Waals surface area contributed by atoms with Crippen LogP contribution in [0.5, 0.6) is 0 Å². The Morgan fingerprint density at radius 3 is 2.73 bits per heavy atom. The Hall–Kier alpha value is -2.93. The summed E-state index contributed by atoms with van der Waals surface area (Å²) in [5, 5.41) is 10.4. The third-order valence-electron chi connectivity index (χ3n) is 4.54. The van der Waals surface area contributed by atoms with Crippen LogP contribution in [0, 0.1) is 0 Å². The van der Waals surface area contributed by atoms with E-state index in [0.29, 0.717) is 11.5 Å². The first-order valence-corrected chi connectivity index (χ1v) is 8.74. The van der Waals surface area contributed by atoms with Crippen LogP contribution in [0.3, 0.4) is 0 Å². The summed E-state index contributed by atoms with van der Waals surface area (Å²) in [4.78, 5) is 17.1. The number of para-hydroxylation sites is 1. The van der Waals surface area contributed by atoms with Crippen molar-refractivity contribution in [2.75, 3.05) is 18.4 Å². The number of rotatable bonds is 5. The van der Waals surface area contributed by atoms with Gasteiger partial charge in [-0.05, 0) is 18.1 Å². The maximum atomic E-state index is 12.8. The molecule has 26 heavy (non-hydrogen) atoms. The Morgan fingerprint density at radius 2 is 2.08 bits per heavy atom. The number of hydrogen-bond acceptors (Lipinski definition) is 5. The van der Waals surface area contributed by atoms with Crippen LogP contribution in [0.25, 0.3) is 5.69 Å². The maximum absolute atomic E-state index is 12.8. The summed E-state index contributed by atoms with van der Waals surface area (Å²) in [6.07, 6.45) is 3.20. The Balaban J connectivity index is 1.59. The zero-order valence-electron chi connectivity index (χ0n) is 14.8. The number of benzene rings is 1. The van der Waals surface area contributed by atoms with Crippen molar-refractivity contribution in [2.24, 2.45) is 0 Å². The van der Waals surface area contributed by atoms with Crippen molar-refractivity contribution in [1.82, 2.24) is 20.1 Å². The van der Waals surface area contributed by atoms with E-state index in [1.807, 2.05) is 44.2 Å². The number of amides is 1. The predicted molar refractivity (Wildman–Crippen MR) is 97.7 cm³/mol. The minimum absolute atomic E-state index is 0.125. The molecule has 7 heteroatoms. The van der Waals surface area contributed by atoms with Crippen LogP contribution in [0.4, 0.5) is 6.01 Å². The molecule has 0 saturated carbocycles. The molecular formula is C19H21N5O2. The van der Waals surface area contributed by atoms with E-state index in [-0.39, 0.29) is 17.8 Å². The molecule has 0 atom stereocenters. The van der Waals surface area contributed by atoms with Crippen molar-refractivity contribution in [2.45, 2.75) is 25.7 Å². The molecule has 1 aliphatic rings. The topological polar surface area (TPSA) is 85.0 Å². The van der Waals surface area contributed by atoms with Gasteiger partial charge >= 0.3 is 6.01 Å². The molecule has 7 nitrogen and oxygen atoms in total. The highest BCUT2D eigenvalue weighted by molar-refractivity contribution is 6.04. The molecule has 1 amide bonds. The summed E-state index contributed by atoms with van der Waals surface area (Å²) in [6.45, 7) is 5.86. The van der Waals surface area contributed by atoms with Gasteiger partial charge in [0.05, 0.1) is 28.8 Å². The fraction of sp³-hybridized carbons (Fsp3) is 0.316. The lowest BCUT2D eigenvalue weighted by Crippen LogP contribution is -2.40. The zero-order chi connectivity index (χ0) is 18.1. The molecule has 2 aromatic heterocycles. The van der Waals surface area contributed by atoms with E-state index in [4.69, 9.17) is 4.42 Å². The molecule has 0 aliphatic carbocycles. The lowest BCUT2D eigenvalue weighted by molar-refractivity contribution is 0.102. The molecule has 0 bridgehead atoms. The molecule has 3 heterocycles. The van der Waals surface area contributed by atoms with Gasteiger partial charge in [-0.15, -0.1) is 0 Å². The molecule has 2 N–H and O–H groups in total. The number of anilines is 1. The van der Waals surface area contributed by atoms with Gasteiger partial charge in [0.1, 0.15) is 6.26 Å². The van der Waals surface area contributed by atoms with E-state index < -0.39 is 0 Å². The van der Waals surface area contributed by atoms with E-state index in [2.05, 4.69) is 20.7 Å². The summed E-state index contributed by atoms with van der Waals surface area (Å²) in [5.74, 6) is 0.215. The fourth-order valence-corrected chi connectivity index (χ4v) is 3.06. The van der Waals surface area contributed by atoms with Crippen LogP contribution in [0.1, 0.15) is 47.4 Å². The van der Waals surface area contributed by atoms with Gasteiger partial charge < -0.3 is 9.73 Å². The van der Waals surface area contributed by atoms with Crippen LogP contribution >= 0.6 is 0 Å². The molecule has 0 unspecified atom stereocenters. The van der Waals surface area contributed by atoms with Gasteiger partial charge in [-0.25, -0.2) is 4.68 Å². The van der Waals surface area contributed by atoms with Crippen molar-refractivity contribution in [3.63, 3.8) is 0 Å². The van der Waals surface area contributed by atoms with Gasteiger partial charge in [-0.2, -0.15) is 10.1 Å². The van der Waals surface area contributed by atoms with E-state index in [1.54, 1.807) is 17.1 Å². The summed E-state index contributed by atoms with van der Waals surface area (Å²) in [6, 6.07) is 10.0. The normalized spacial score (nSPS) is 14.4. The second-order valence-corrected chi connectivity index (χ2v) is 6.73. The molecule has 1 aromatic carbocycles. The van der Waals surface area contributed by atoms with Crippen molar-refractivity contribution in [1.29, 1.82) is 0 Å². The highest BCUT2D eigenvalue weighted by Crippen LogP contribution is 2.25. The molecule has 3 aromatic rings. The first-order chi connectivity index (χ1) is 12.6. The third kappa shape index (κ3) is 3.01. The summed E-state index contributed by atoms with van der Waals surface area (Å²) < 4.78 is 7.21. The highest BCUT2D eigenvalue weighted by Gasteiger charge is 2.25.